The molecule has 1 unspecified atom stereocenters. The standard InChI is InChI=1S/C18H28N4O2/c19-16(18(23)24)8-11-22-10-7-13(12-22)3-5-15-6-4-14-2-1-9-20-17(14)21-15/h4,6,13,16H,1-3,5,7-12,19H2,(H,20,21)(H,23,24)/t13-,16?/m1/s1. The van der Waals surface area contributed by atoms with E-state index in [-0.39, 0.29) is 0 Å². The van der Waals surface area contributed by atoms with Crippen LogP contribution in [0, 0.1) is 5.92 Å². The predicted molar refractivity (Wildman–Crippen MR) is 94.1 cm³/mol. The molecule has 1 fully saturated rings. The molecule has 1 aromatic heterocycles. The largest absolute Gasteiger partial charge is 0.480 e. The molecule has 3 heterocycles. The third-order valence-corrected chi connectivity index (χ3v) is 5.20. The Bertz CT molecular complexity index is 578. The molecular weight excluding hydrogens is 304 g/mol. The van der Waals surface area contributed by atoms with Gasteiger partial charge < -0.3 is 21.1 Å². The number of aliphatic carboxylic acids is 1. The maximum absolute atomic E-state index is 10.8. The van der Waals surface area contributed by atoms with Gasteiger partial charge in [-0.15, -0.1) is 0 Å². The highest BCUT2D eigenvalue weighted by atomic mass is 16.4. The summed E-state index contributed by atoms with van der Waals surface area (Å²) < 4.78 is 0. The number of rotatable bonds is 7. The average Bonchev–Trinajstić information content (AvgIpc) is 3.05. The van der Waals surface area contributed by atoms with Crippen molar-refractivity contribution in [2.45, 2.75) is 44.6 Å². The van der Waals surface area contributed by atoms with E-state index < -0.39 is 12.0 Å². The molecule has 3 rings (SSSR count). The highest BCUT2D eigenvalue weighted by molar-refractivity contribution is 5.72. The molecule has 4 N–H and O–H groups in total. The van der Waals surface area contributed by atoms with Crippen molar-refractivity contribution in [3.8, 4) is 0 Å². The summed E-state index contributed by atoms with van der Waals surface area (Å²) in [6.45, 7) is 3.91. The highest BCUT2D eigenvalue weighted by Gasteiger charge is 2.23. The first-order chi connectivity index (χ1) is 11.6. The van der Waals surface area contributed by atoms with Crippen LogP contribution in [0.1, 0.15) is 36.9 Å². The molecule has 0 aromatic carbocycles. The smallest absolute Gasteiger partial charge is 0.320 e. The Hall–Kier alpha value is -1.66. The van der Waals surface area contributed by atoms with Gasteiger partial charge in [-0.3, -0.25) is 4.79 Å². The fourth-order valence-corrected chi connectivity index (χ4v) is 3.66. The minimum absolute atomic E-state index is 0.528. The van der Waals surface area contributed by atoms with E-state index in [0.29, 0.717) is 12.3 Å². The zero-order valence-corrected chi connectivity index (χ0v) is 14.2. The minimum atomic E-state index is -0.905. The normalized spacial score (nSPS) is 22.0. The van der Waals surface area contributed by atoms with E-state index in [4.69, 9.17) is 15.8 Å². The van der Waals surface area contributed by atoms with Crippen LogP contribution in [0.4, 0.5) is 5.82 Å². The van der Waals surface area contributed by atoms with Crippen molar-refractivity contribution in [3.05, 3.63) is 23.4 Å². The maximum Gasteiger partial charge on any atom is 0.320 e. The Labute approximate surface area is 143 Å². The van der Waals surface area contributed by atoms with Gasteiger partial charge in [-0.05, 0) is 62.6 Å². The van der Waals surface area contributed by atoms with Gasteiger partial charge >= 0.3 is 5.97 Å². The fraction of sp³-hybridized carbons (Fsp3) is 0.667. The monoisotopic (exact) mass is 332 g/mol. The number of pyridine rings is 1. The van der Waals surface area contributed by atoms with Gasteiger partial charge in [-0.2, -0.15) is 0 Å². The van der Waals surface area contributed by atoms with Crippen molar-refractivity contribution in [3.63, 3.8) is 0 Å². The van der Waals surface area contributed by atoms with Crippen LogP contribution in [0.15, 0.2) is 12.1 Å². The lowest BCUT2D eigenvalue weighted by Gasteiger charge is -2.18. The number of carboxylic acid groups (broad SMARTS) is 1. The van der Waals surface area contributed by atoms with Gasteiger partial charge in [0.05, 0.1) is 0 Å². The number of carboxylic acids is 1. The second kappa shape index (κ2) is 7.94. The van der Waals surface area contributed by atoms with Crippen LogP contribution >= 0.6 is 0 Å². The molecule has 0 amide bonds. The molecule has 2 aliphatic heterocycles. The van der Waals surface area contributed by atoms with Crippen LogP contribution in [0.5, 0.6) is 0 Å². The molecule has 2 aliphatic rings. The Morgan fingerprint density at radius 2 is 2.38 bits per heavy atom. The van der Waals surface area contributed by atoms with Crippen LogP contribution in [0.3, 0.4) is 0 Å². The maximum atomic E-state index is 10.8. The van der Waals surface area contributed by atoms with Crippen molar-refractivity contribution in [2.75, 3.05) is 31.5 Å². The van der Waals surface area contributed by atoms with Gasteiger partial charge in [0.1, 0.15) is 11.9 Å². The molecular formula is C18H28N4O2. The molecule has 0 radical (unpaired) electrons. The first-order valence-corrected chi connectivity index (χ1v) is 9.05. The zero-order valence-electron chi connectivity index (χ0n) is 14.2. The summed E-state index contributed by atoms with van der Waals surface area (Å²) in [7, 11) is 0. The summed E-state index contributed by atoms with van der Waals surface area (Å²) in [5, 5.41) is 12.2. The summed E-state index contributed by atoms with van der Waals surface area (Å²) in [6.07, 6.45) is 6.20. The third-order valence-electron chi connectivity index (χ3n) is 5.20. The number of nitrogens with zero attached hydrogens (tertiary/aromatic N) is 2. The molecule has 6 nitrogen and oxygen atoms in total. The van der Waals surface area contributed by atoms with E-state index in [1.165, 1.54) is 24.1 Å². The molecule has 1 saturated heterocycles. The van der Waals surface area contributed by atoms with Crippen LogP contribution in [-0.4, -0.2) is 53.2 Å². The van der Waals surface area contributed by atoms with Gasteiger partial charge in [-0.1, -0.05) is 6.07 Å². The topological polar surface area (TPSA) is 91.5 Å². The summed E-state index contributed by atoms with van der Waals surface area (Å²) >= 11 is 0. The second-order valence-electron chi connectivity index (χ2n) is 7.07. The first kappa shape index (κ1) is 17.2. The summed E-state index contributed by atoms with van der Waals surface area (Å²) in [5.74, 6) is 0.851. The molecule has 0 spiro atoms. The van der Waals surface area contributed by atoms with E-state index in [0.717, 1.165) is 51.3 Å². The molecule has 0 saturated carbocycles. The van der Waals surface area contributed by atoms with E-state index in [1.54, 1.807) is 0 Å². The zero-order chi connectivity index (χ0) is 16.9. The second-order valence-corrected chi connectivity index (χ2v) is 7.07. The molecule has 132 valence electrons. The number of anilines is 1. The quantitative estimate of drug-likeness (QED) is 0.701. The Balaban J connectivity index is 1.42. The van der Waals surface area contributed by atoms with Crippen LogP contribution in [0.2, 0.25) is 0 Å². The SMILES string of the molecule is NC(CCN1CC[C@@H](CCc2ccc3c(n2)NCCC3)C1)C(=O)O. The minimum Gasteiger partial charge on any atom is -0.480 e. The Morgan fingerprint density at radius 1 is 1.50 bits per heavy atom. The van der Waals surface area contributed by atoms with Gasteiger partial charge in [0.15, 0.2) is 0 Å². The van der Waals surface area contributed by atoms with Gasteiger partial charge in [0.25, 0.3) is 0 Å². The van der Waals surface area contributed by atoms with Gasteiger partial charge in [0.2, 0.25) is 0 Å². The van der Waals surface area contributed by atoms with Crippen LogP contribution < -0.4 is 11.1 Å². The van der Waals surface area contributed by atoms with E-state index in [1.807, 2.05) is 0 Å². The number of aryl methyl sites for hydroxylation is 2. The van der Waals surface area contributed by atoms with Crippen molar-refractivity contribution < 1.29 is 9.90 Å². The number of aromatic nitrogens is 1. The van der Waals surface area contributed by atoms with Crippen LogP contribution in [-0.2, 0) is 17.6 Å². The lowest BCUT2D eigenvalue weighted by Crippen LogP contribution is -2.34. The van der Waals surface area contributed by atoms with Crippen molar-refractivity contribution in [1.29, 1.82) is 0 Å². The Morgan fingerprint density at radius 3 is 3.21 bits per heavy atom. The first-order valence-electron chi connectivity index (χ1n) is 9.05. The lowest BCUT2D eigenvalue weighted by atomic mass is 10.00. The van der Waals surface area contributed by atoms with Crippen molar-refractivity contribution in [1.82, 2.24) is 9.88 Å². The molecule has 6 heteroatoms. The van der Waals surface area contributed by atoms with Gasteiger partial charge in [-0.25, -0.2) is 4.98 Å². The summed E-state index contributed by atoms with van der Waals surface area (Å²) in [4.78, 5) is 17.9. The number of fused-ring (bicyclic) bond motifs is 1. The predicted octanol–water partition coefficient (Wildman–Crippen LogP) is 1.50. The van der Waals surface area contributed by atoms with E-state index in [9.17, 15) is 4.79 Å². The fourth-order valence-electron chi connectivity index (χ4n) is 3.66. The number of nitrogens with one attached hydrogen (secondary N) is 1. The van der Waals surface area contributed by atoms with Crippen molar-refractivity contribution >= 4 is 11.8 Å². The number of nitrogens with two attached hydrogens (primary N) is 1. The number of likely N-dealkylation sites (tertiary alicyclic amines) is 1. The van der Waals surface area contributed by atoms with Crippen LogP contribution in [0.25, 0.3) is 0 Å². The molecule has 2 atom stereocenters. The Kier molecular flexibility index (Phi) is 5.68. The van der Waals surface area contributed by atoms with Crippen molar-refractivity contribution in [2.24, 2.45) is 11.7 Å². The summed E-state index contributed by atoms with van der Waals surface area (Å²) in [5.41, 5.74) is 8.09. The molecule has 0 aliphatic carbocycles. The lowest BCUT2D eigenvalue weighted by molar-refractivity contribution is -0.138. The number of hydrogen-bond donors (Lipinski definition) is 3. The summed E-state index contributed by atoms with van der Waals surface area (Å²) in [6, 6.07) is 3.65. The average molecular weight is 332 g/mol. The van der Waals surface area contributed by atoms with E-state index >= 15 is 0 Å². The third kappa shape index (κ3) is 4.45. The number of hydrogen-bond acceptors (Lipinski definition) is 5. The number of carbonyl (C=O) groups is 1. The molecule has 0 bridgehead atoms. The highest BCUT2D eigenvalue weighted by Crippen LogP contribution is 2.24. The molecule has 24 heavy (non-hydrogen) atoms. The molecule has 1 aromatic rings. The van der Waals surface area contributed by atoms with E-state index in [2.05, 4.69) is 22.3 Å². The van der Waals surface area contributed by atoms with Gasteiger partial charge in [0, 0.05) is 25.3 Å².